The van der Waals surface area contributed by atoms with Gasteiger partial charge in [-0.1, -0.05) is 0 Å². The van der Waals surface area contributed by atoms with E-state index in [0.29, 0.717) is 18.9 Å². The molecule has 0 radical (unpaired) electrons. The number of hydrogen-bond acceptors (Lipinski definition) is 5. The van der Waals surface area contributed by atoms with Crippen LogP contribution in [0.1, 0.15) is 46.5 Å². The van der Waals surface area contributed by atoms with Gasteiger partial charge < -0.3 is 19.3 Å². The summed E-state index contributed by atoms with van der Waals surface area (Å²) in [4.78, 5) is 27.2. The van der Waals surface area contributed by atoms with Crippen molar-refractivity contribution in [3.05, 3.63) is 0 Å². The molecule has 6 nitrogen and oxygen atoms in total. The monoisotopic (exact) mass is 328 g/mol. The molecule has 1 heterocycles. The lowest BCUT2D eigenvalue weighted by atomic mass is 9.97. The smallest absolute Gasteiger partial charge is 0.410 e. The number of piperidine rings is 1. The van der Waals surface area contributed by atoms with E-state index in [9.17, 15) is 9.59 Å². The Morgan fingerprint density at radius 3 is 2.61 bits per heavy atom. The first-order valence-electron chi connectivity index (χ1n) is 8.44. The molecule has 0 aliphatic carbocycles. The van der Waals surface area contributed by atoms with Crippen LogP contribution in [0.2, 0.25) is 0 Å². The quantitative estimate of drug-likeness (QED) is 0.701. The molecule has 1 aliphatic heterocycles. The molecule has 0 saturated carbocycles. The summed E-state index contributed by atoms with van der Waals surface area (Å²) in [6, 6.07) is 0. The molecule has 0 aromatic heterocycles. The lowest BCUT2D eigenvalue weighted by Crippen LogP contribution is -2.43. The Hall–Kier alpha value is -1.30. The van der Waals surface area contributed by atoms with Crippen molar-refractivity contribution in [2.45, 2.75) is 52.1 Å². The Labute approximate surface area is 140 Å². The van der Waals surface area contributed by atoms with Crippen LogP contribution >= 0.6 is 0 Å². The largest absolute Gasteiger partial charge is 0.469 e. The average molecular weight is 328 g/mol. The number of hydrogen-bond donors (Lipinski definition) is 0. The first kappa shape index (κ1) is 19.7. The minimum Gasteiger partial charge on any atom is -0.469 e. The van der Waals surface area contributed by atoms with Crippen molar-refractivity contribution >= 4 is 12.1 Å². The summed E-state index contributed by atoms with van der Waals surface area (Å²) in [6.45, 7) is 9.28. The fourth-order valence-electron chi connectivity index (χ4n) is 2.85. The average Bonchev–Trinajstić information content (AvgIpc) is 2.45. The van der Waals surface area contributed by atoms with Crippen molar-refractivity contribution in [1.82, 2.24) is 9.80 Å². The number of likely N-dealkylation sites (tertiary alicyclic amines) is 1. The normalized spacial score (nSPS) is 19.3. The second kappa shape index (κ2) is 9.11. The van der Waals surface area contributed by atoms with Crippen molar-refractivity contribution in [2.24, 2.45) is 5.92 Å². The predicted octanol–water partition coefficient (Wildman–Crippen LogP) is 2.52. The number of amides is 1. The minimum absolute atomic E-state index is 0.150. The van der Waals surface area contributed by atoms with Crippen molar-refractivity contribution in [3.63, 3.8) is 0 Å². The van der Waals surface area contributed by atoms with Gasteiger partial charge in [-0.2, -0.15) is 0 Å². The van der Waals surface area contributed by atoms with Crippen molar-refractivity contribution < 1.29 is 19.1 Å². The first-order valence-corrected chi connectivity index (χ1v) is 8.44. The van der Waals surface area contributed by atoms with Crippen LogP contribution in [-0.4, -0.2) is 67.8 Å². The van der Waals surface area contributed by atoms with Gasteiger partial charge >= 0.3 is 12.1 Å². The maximum atomic E-state index is 12.0. The number of carbonyl (C=O) groups excluding carboxylic acids is 2. The van der Waals surface area contributed by atoms with Gasteiger partial charge in [0.25, 0.3) is 0 Å². The molecule has 6 heteroatoms. The van der Waals surface area contributed by atoms with Gasteiger partial charge in [0.05, 0.1) is 7.11 Å². The Balaban J connectivity index is 2.34. The number of carbonyl (C=O) groups is 2. The summed E-state index contributed by atoms with van der Waals surface area (Å²) in [5.74, 6) is 0.308. The Morgan fingerprint density at radius 2 is 2.00 bits per heavy atom. The van der Waals surface area contributed by atoms with Gasteiger partial charge in [-0.15, -0.1) is 0 Å². The third-order valence-electron chi connectivity index (χ3n) is 3.92. The van der Waals surface area contributed by atoms with Gasteiger partial charge in [-0.05, 0) is 59.0 Å². The van der Waals surface area contributed by atoms with Crippen LogP contribution in [0.4, 0.5) is 4.79 Å². The Kier molecular flexibility index (Phi) is 7.82. The Bertz CT molecular complexity index is 393. The van der Waals surface area contributed by atoms with Crippen LogP contribution in [0.5, 0.6) is 0 Å². The van der Waals surface area contributed by atoms with Gasteiger partial charge in [0.1, 0.15) is 5.60 Å². The highest BCUT2D eigenvalue weighted by molar-refractivity contribution is 5.69. The van der Waals surface area contributed by atoms with E-state index in [1.165, 1.54) is 7.11 Å². The zero-order valence-corrected chi connectivity index (χ0v) is 15.3. The number of esters is 1. The highest BCUT2D eigenvalue weighted by Crippen LogP contribution is 2.19. The third kappa shape index (κ3) is 8.21. The summed E-state index contributed by atoms with van der Waals surface area (Å²) in [5.41, 5.74) is -0.460. The topological polar surface area (TPSA) is 59.1 Å². The van der Waals surface area contributed by atoms with Crippen molar-refractivity contribution in [2.75, 3.05) is 40.3 Å². The number of rotatable bonds is 6. The lowest BCUT2D eigenvalue weighted by molar-refractivity contribution is -0.140. The molecule has 1 atom stereocenters. The van der Waals surface area contributed by atoms with E-state index >= 15 is 0 Å². The second-order valence-electron chi connectivity index (χ2n) is 7.35. The molecule has 0 bridgehead atoms. The molecular weight excluding hydrogens is 296 g/mol. The molecule has 1 saturated heterocycles. The number of ether oxygens (including phenoxy) is 2. The van der Waals surface area contributed by atoms with E-state index in [4.69, 9.17) is 4.74 Å². The van der Waals surface area contributed by atoms with Gasteiger partial charge in [0.15, 0.2) is 0 Å². The highest BCUT2D eigenvalue weighted by atomic mass is 16.6. The van der Waals surface area contributed by atoms with E-state index in [2.05, 4.69) is 9.64 Å². The number of nitrogens with zero attached hydrogens (tertiary/aromatic N) is 2. The molecule has 1 amide bonds. The fourth-order valence-corrected chi connectivity index (χ4v) is 2.85. The van der Waals surface area contributed by atoms with E-state index in [1.54, 1.807) is 11.9 Å². The van der Waals surface area contributed by atoms with Gasteiger partial charge in [-0.3, -0.25) is 4.79 Å². The number of methoxy groups -OCH3 is 1. The summed E-state index contributed by atoms with van der Waals surface area (Å²) >= 11 is 0. The van der Waals surface area contributed by atoms with Gasteiger partial charge in [0, 0.05) is 26.6 Å². The van der Waals surface area contributed by atoms with Crippen LogP contribution < -0.4 is 0 Å². The fraction of sp³-hybridized carbons (Fsp3) is 0.882. The molecule has 1 unspecified atom stereocenters. The molecule has 0 spiro atoms. The zero-order valence-electron chi connectivity index (χ0n) is 15.3. The van der Waals surface area contributed by atoms with E-state index in [-0.39, 0.29) is 12.1 Å². The third-order valence-corrected chi connectivity index (χ3v) is 3.92. The molecule has 134 valence electrons. The van der Waals surface area contributed by atoms with Crippen molar-refractivity contribution in [3.8, 4) is 0 Å². The predicted molar refractivity (Wildman–Crippen MR) is 89.3 cm³/mol. The lowest BCUT2D eigenvalue weighted by Gasteiger charge is -2.35. The SMILES string of the molecule is COC(=O)CCCN1CCCC(CN(C)C(=O)OC(C)(C)C)C1. The second-order valence-corrected chi connectivity index (χ2v) is 7.35. The van der Waals surface area contributed by atoms with Crippen LogP contribution in [0.15, 0.2) is 0 Å². The molecule has 0 N–H and O–H groups in total. The molecule has 1 aliphatic rings. The van der Waals surface area contributed by atoms with Crippen molar-refractivity contribution in [1.29, 1.82) is 0 Å². The molecule has 1 fully saturated rings. The molecule has 0 aromatic rings. The molecule has 1 rings (SSSR count). The maximum Gasteiger partial charge on any atom is 0.410 e. The summed E-state index contributed by atoms with van der Waals surface area (Å²) in [6.07, 6.45) is 3.28. The highest BCUT2D eigenvalue weighted by Gasteiger charge is 2.25. The summed E-state index contributed by atoms with van der Waals surface area (Å²) in [5, 5.41) is 0. The van der Waals surface area contributed by atoms with Crippen LogP contribution in [-0.2, 0) is 14.3 Å². The molecular formula is C17H32N2O4. The van der Waals surface area contributed by atoms with Gasteiger partial charge in [0.2, 0.25) is 0 Å². The summed E-state index contributed by atoms with van der Waals surface area (Å²) < 4.78 is 10.1. The van der Waals surface area contributed by atoms with E-state index < -0.39 is 5.60 Å². The Morgan fingerprint density at radius 1 is 1.30 bits per heavy atom. The van der Waals surface area contributed by atoms with Crippen LogP contribution in [0.3, 0.4) is 0 Å². The van der Waals surface area contributed by atoms with E-state index in [1.807, 2.05) is 20.8 Å². The molecule has 23 heavy (non-hydrogen) atoms. The first-order chi connectivity index (χ1) is 10.7. The standard InChI is InChI=1S/C17H32N2O4/c1-17(2,3)23-16(21)18(4)12-14-8-6-10-19(13-14)11-7-9-15(20)22-5/h14H,6-13H2,1-5H3. The molecule has 0 aromatic carbocycles. The zero-order chi connectivity index (χ0) is 17.5. The summed E-state index contributed by atoms with van der Waals surface area (Å²) in [7, 11) is 3.22. The van der Waals surface area contributed by atoms with Crippen LogP contribution in [0.25, 0.3) is 0 Å². The van der Waals surface area contributed by atoms with Gasteiger partial charge in [-0.25, -0.2) is 4.79 Å². The minimum atomic E-state index is -0.460. The van der Waals surface area contributed by atoms with E-state index in [0.717, 1.165) is 38.9 Å². The maximum absolute atomic E-state index is 12.0. The van der Waals surface area contributed by atoms with Crippen LogP contribution in [0, 0.1) is 5.92 Å².